The minimum Gasteiger partial charge on any atom is -0.0654 e. The van der Waals surface area contributed by atoms with Crippen molar-refractivity contribution in [3.63, 3.8) is 0 Å². The van der Waals surface area contributed by atoms with E-state index in [0.29, 0.717) is 5.41 Å². The zero-order valence-electron chi connectivity index (χ0n) is 11.1. The van der Waals surface area contributed by atoms with E-state index in [1.165, 1.54) is 64.2 Å². The first-order chi connectivity index (χ1) is 7.14. The molecule has 15 heavy (non-hydrogen) atoms. The van der Waals surface area contributed by atoms with Crippen LogP contribution in [0.25, 0.3) is 0 Å². The van der Waals surface area contributed by atoms with E-state index in [2.05, 4.69) is 20.8 Å². The molecule has 0 bridgehead atoms. The summed E-state index contributed by atoms with van der Waals surface area (Å²) in [6.07, 6.45) is 14.7. The molecule has 0 aromatic rings. The Morgan fingerprint density at radius 1 is 1.00 bits per heavy atom. The number of hydrogen-bond donors (Lipinski definition) is 0. The lowest BCUT2D eigenvalue weighted by Gasteiger charge is -2.26. The van der Waals surface area contributed by atoms with Crippen LogP contribution in [-0.2, 0) is 0 Å². The summed E-state index contributed by atoms with van der Waals surface area (Å²) in [5.41, 5.74) is 0.601. The maximum atomic E-state index is 2.44. The second kappa shape index (κ2) is 6.55. The summed E-state index contributed by atoms with van der Waals surface area (Å²) in [7, 11) is 0. The molecule has 0 heteroatoms. The second-order valence-corrected chi connectivity index (χ2v) is 6.31. The van der Waals surface area contributed by atoms with Crippen LogP contribution in [0.5, 0.6) is 0 Å². The van der Waals surface area contributed by atoms with Crippen molar-refractivity contribution in [2.45, 2.75) is 85.0 Å². The maximum absolute atomic E-state index is 2.44. The highest BCUT2D eigenvalue weighted by molar-refractivity contribution is 4.71. The van der Waals surface area contributed by atoms with Crippen LogP contribution in [0.1, 0.15) is 85.0 Å². The van der Waals surface area contributed by atoms with E-state index in [1.807, 2.05) is 0 Å². The predicted octanol–water partition coefficient (Wildman–Crippen LogP) is 5.56. The van der Waals surface area contributed by atoms with E-state index >= 15 is 0 Å². The van der Waals surface area contributed by atoms with Crippen LogP contribution in [-0.4, -0.2) is 0 Å². The SMILES string of the molecule is CCCC(C)(C)CCCC1CCCCC1. The molecular formula is C15H30. The predicted molar refractivity (Wildman–Crippen MR) is 69.1 cm³/mol. The van der Waals surface area contributed by atoms with Gasteiger partial charge in [0.25, 0.3) is 0 Å². The van der Waals surface area contributed by atoms with Gasteiger partial charge >= 0.3 is 0 Å². The van der Waals surface area contributed by atoms with Crippen molar-refractivity contribution >= 4 is 0 Å². The Hall–Kier alpha value is 0. The van der Waals surface area contributed by atoms with Crippen molar-refractivity contribution in [1.29, 1.82) is 0 Å². The second-order valence-electron chi connectivity index (χ2n) is 6.31. The van der Waals surface area contributed by atoms with Gasteiger partial charge in [-0.1, -0.05) is 72.1 Å². The molecule has 0 unspecified atom stereocenters. The Morgan fingerprint density at radius 3 is 2.27 bits per heavy atom. The molecule has 1 saturated carbocycles. The minimum absolute atomic E-state index is 0.601. The molecule has 0 atom stereocenters. The van der Waals surface area contributed by atoms with Crippen LogP contribution < -0.4 is 0 Å². The van der Waals surface area contributed by atoms with E-state index < -0.39 is 0 Å². The van der Waals surface area contributed by atoms with E-state index in [9.17, 15) is 0 Å². The standard InChI is InChI=1S/C15H30/c1-4-12-15(2,3)13-8-11-14-9-6-5-7-10-14/h14H,4-13H2,1-3H3. The van der Waals surface area contributed by atoms with Crippen molar-refractivity contribution < 1.29 is 0 Å². The van der Waals surface area contributed by atoms with Crippen LogP contribution in [0.3, 0.4) is 0 Å². The van der Waals surface area contributed by atoms with Gasteiger partial charge in [-0.2, -0.15) is 0 Å². The third kappa shape index (κ3) is 5.58. The van der Waals surface area contributed by atoms with Gasteiger partial charge < -0.3 is 0 Å². The van der Waals surface area contributed by atoms with Gasteiger partial charge in [0.2, 0.25) is 0 Å². The first-order valence-corrected chi connectivity index (χ1v) is 7.14. The van der Waals surface area contributed by atoms with Gasteiger partial charge in [0.15, 0.2) is 0 Å². The molecule has 0 aliphatic heterocycles. The average molecular weight is 210 g/mol. The van der Waals surface area contributed by atoms with Crippen LogP contribution in [0, 0.1) is 11.3 Å². The van der Waals surface area contributed by atoms with Gasteiger partial charge in [-0.25, -0.2) is 0 Å². The zero-order chi connectivity index (χ0) is 11.1. The average Bonchev–Trinajstić information content (AvgIpc) is 2.19. The quantitative estimate of drug-likeness (QED) is 0.538. The summed E-state index contributed by atoms with van der Waals surface area (Å²) in [6, 6.07) is 0. The topological polar surface area (TPSA) is 0 Å². The molecule has 0 radical (unpaired) electrons. The molecule has 0 nitrogen and oxygen atoms in total. The molecule has 0 heterocycles. The van der Waals surface area contributed by atoms with Crippen LogP contribution in [0.15, 0.2) is 0 Å². The molecule has 0 spiro atoms. The highest BCUT2D eigenvalue weighted by atomic mass is 14.2. The lowest BCUT2D eigenvalue weighted by Crippen LogP contribution is -2.12. The normalized spacial score (nSPS) is 19.4. The summed E-state index contributed by atoms with van der Waals surface area (Å²) >= 11 is 0. The summed E-state index contributed by atoms with van der Waals surface area (Å²) in [6.45, 7) is 7.19. The third-order valence-corrected chi connectivity index (χ3v) is 4.12. The highest BCUT2D eigenvalue weighted by Gasteiger charge is 2.18. The van der Waals surface area contributed by atoms with Gasteiger partial charge in [-0.05, 0) is 24.2 Å². The fourth-order valence-electron chi connectivity index (χ4n) is 3.15. The monoisotopic (exact) mass is 210 g/mol. The van der Waals surface area contributed by atoms with E-state index in [1.54, 1.807) is 0 Å². The molecule has 0 aromatic carbocycles. The first kappa shape index (κ1) is 13.1. The Kier molecular flexibility index (Phi) is 5.71. The fourth-order valence-corrected chi connectivity index (χ4v) is 3.15. The van der Waals surface area contributed by atoms with Gasteiger partial charge in [0, 0.05) is 0 Å². The largest absolute Gasteiger partial charge is 0.0654 e. The van der Waals surface area contributed by atoms with Crippen LogP contribution in [0.2, 0.25) is 0 Å². The molecular weight excluding hydrogens is 180 g/mol. The van der Waals surface area contributed by atoms with Crippen molar-refractivity contribution in [2.24, 2.45) is 11.3 Å². The van der Waals surface area contributed by atoms with Gasteiger partial charge in [-0.3, -0.25) is 0 Å². The molecule has 1 fully saturated rings. The zero-order valence-corrected chi connectivity index (χ0v) is 11.1. The number of hydrogen-bond acceptors (Lipinski definition) is 0. The highest BCUT2D eigenvalue weighted by Crippen LogP contribution is 2.32. The van der Waals surface area contributed by atoms with Gasteiger partial charge in [-0.15, -0.1) is 0 Å². The Balaban J connectivity index is 2.09. The van der Waals surface area contributed by atoms with Crippen molar-refractivity contribution in [1.82, 2.24) is 0 Å². The van der Waals surface area contributed by atoms with Crippen molar-refractivity contribution in [3.8, 4) is 0 Å². The minimum atomic E-state index is 0.601. The lowest BCUT2D eigenvalue weighted by molar-refractivity contribution is 0.264. The number of rotatable bonds is 6. The summed E-state index contributed by atoms with van der Waals surface area (Å²) in [4.78, 5) is 0. The molecule has 0 saturated heterocycles. The van der Waals surface area contributed by atoms with E-state index in [-0.39, 0.29) is 0 Å². The van der Waals surface area contributed by atoms with Crippen molar-refractivity contribution in [3.05, 3.63) is 0 Å². The maximum Gasteiger partial charge on any atom is -0.0354 e. The van der Waals surface area contributed by atoms with Crippen LogP contribution >= 0.6 is 0 Å². The van der Waals surface area contributed by atoms with E-state index in [4.69, 9.17) is 0 Å². The molecule has 1 aliphatic carbocycles. The molecule has 1 rings (SSSR count). The molecule has 0 N–H and O–H groups in total. The Morgan fingerprint density at radius 2 is 1.67 bits per heavy atom. The van der Waals surface area contributed by atoms with Crippen LogP contribution in [0.4, 0.5) is 0 Å². The Labute approximate surface area is 96.8 Å². The summed E-state index contributed by atoms with van der Waals surface area (Å²) < 4.78 is 0. The van der Waals surface area contributed by atoms with E-state index in [0.717, 1.165) is 5.92 Å². The molecule has 0 aromatic heterocycles. The molecule has 0 amide bonds. The van der Waals surface area contributed by atoms with Crippen molar-refractivity contribution in [2.75, 3.05) is 0 Å². The fraction of sp³-hybridized carbons (Fsp3) is 1.00. The van der Waals surface area contributed by atoms with Gasteiger partial charge in [0.1, 0.15) is 0 Å². The molecule has 1 aliphatic rings. The smallest absolute Gasteiger partial charge is 0.0354 e. The first-order valence-electron chi connectivity index (χ1n) is 7.14. The Bertz CT molecular complexity index is 151. The summed E-state index contributed by atoms with van der Waals surface area (Å²) in [5.74, 6) is 1.08. The van der Waals surface area contributed by atoms with Gasteiger partial charge in [0.05, 0.1) is 0 Å². The third-order valence-electron chi connectivity index (χ3n) is 4.12. The lowest BCUT2D eigenvalue weighted by atomic mass is 9.80. The summed E-state index contributed by atoms with van der Waals surface area (Å²) in [5, 5.41) is 0. The molecule has 90 valence electrons.